The maximum Gasteiger partial charge on any atom is 0.304 e. The Morgan fingerprint density at radius 2 is 1.79 bits per heavy atom. The third-order valence-corrected chi connectivity index (χ3v) is 5.80. The predicted octanol–water partition coefficient (Wildman–Crippen LogP) is 4.85. The number of benzene rings is 2. The van der Waals surface area contributed by atoms with Gasteiger partial charge in [-0.25, -0.2) is 0 Å². The number of hydrogen-bond acceptors (Lipinski definition) is 7. The number of nitrogens with zero attached hydrogens (tertiary/aromatic N) is 5. The zero-order chi connectivity index (χ0) is 23.8. The standard InChI is InChI=1S/C25H29N5O4/c1-33-20-12-10-19(11-13-20)16-26-34-17-23(31)27-28-24-21-8-4-5-9-22(21)30(25(24)32)18-29-14-6-2-3-7-15-29/h4-5,8-13,16,32H,2-3,6-7,14-15,17-18H2,1H3/b26-16-,28-27?. The van der Waals surface area contributed by atoms with Crippen molar-refractivity contribution >= 4 is 28.7 Å². The summed E-state index contributed by atoms with van der Waals surface area (Å²) in [6.07, 6.45) is 6.28. The first kappa shape index (κ1) is 23.4. The van der Waals surface area contributed by atoms with Crippen LogP contribution in [0.5, 0.6) is 11.6 Å². The van der Waals surface area contributed by atoms with Crippen molar-refractivity contribution in [2.45, 2.75) is 32.4 Å². The molecule has 9 nitrogen and oxygen atoms in total. The molecule has 0 spiro atoms. The van der Waals surface area contributed by atoms with Crippen molar-refractivity contribution in [3.8, 4) is 11.6 Å². The summed E-state index contributed by atoms with van der Waals surface area (Å²) < 4.78 is 6.93. The van der Waals surface area contributed by atoms with Gasteiger partial charge in [0.25, 0.3) is 0 Å². The summed E-state index contributed by atoms with van der Waals surface area (Å²) in [5.74, 6) is 0.140. The molecule has 2 aromatic carbocycles. The molecular formula is C25H29N5O4. The molecule has 0 radical (unpaired) electrons. The second kappa shape index (κ2) is 11.4. The number of ether oxygens (including phenoxy) is 1. The minimum absolute atomic E-state index is 0.000409. The Balaban J connectivity index is 1.41. The zero-order valence-electron chi connectivity index (χ0n) is 19.3. The van der Waals surface area contributed by atoms with Gasteiger partial charge < -0.3 is 14.7 Å². The molecule has 34 heavy (non-hydrogen) atoms. The number of amides is 1. The molecule has 0 aliphatic carbocycles. The molecule has 1 amide bonds. The fourth-order valence-electron chi connectivity index (χ4n) is 4.01. The summed E-state index contributed by atoms with van der Waals surface area (Å²) in [6.45, 7) is 2.20. The highest BCUT2D eigenvalue weighted by molar-refractivity contribution is 5.95. The van der Waals surface area contributed by atoms with Crippen molar-refractivity contribution in [3.05, 3.63) is 54.1 Å². The Morgan fingerprint density at radius 3 is 2.53 bits per heavy atom. The highest BCUT2D eigenvalue weighted by atomic mass is 16.6. The number of carbonyl (C=O) groups is 1. The van der Waals surface area contributed by atoms with E-state index in [2.05, 4.69) is 20.3 Å². The normalized spacial score (nSPS) is 15.2. The maximum atomic E-state index is 12.1. The predicted molar refractivity (Wildman–Crippen MR) is 130 cm³/mol. The van der Waals surface area contributed by atoms with Gasteiger partial charge in [-0.05, 0) is 61.8 Å². The molecule has 3 aromatic rings. The Labute approximate surface area is 198 Å². The molecule has 2 heterocycles. The van der Waals surface area contributed by atoms with Crippen LogP contribution < -0.4 is 4.74 Å². The maximum absolute atomic E-state index is 12.1. The number of aromatic nitrogens is 1. The SMILES string of the molecule is COc1ccc(/C=N\OCC(=O)N=Nc2c(O)n(CN3CCCCCC3)c3ccccc23)cc1. The van der Waals surface area contributed by atoms with E-state index < -0.39 is 5.91 Å². The minimum atomic E-state index is -0.601. The van der Waals surface area contributed by atoms with Crippen molar-refractivity contribution < 1.29 is 19.5 Å². The van der Waals surface area contributed by atoms with Gasteiger partial charge in [-0.1, -0.05) is 36.2 Å². The molecule has 4 rings (SSSR count). The summed E-state index contributed by atoms with van der Waals surface area (Å²) in [4.78, 5) is 19.5. The van der Waals surface area contributed by atoms with Crippen LogP contribution in [0.4, 0.5) is 5.69 Å². The third kappa shape index (κ3) is 5.79. The summed E-state index contributed by atoms with van der Waals surface area (Å²) in [5.41, 5.74) is 1.93. The molecule has 9 heteroatoms. The number of para-hydroxylation sites is 1. The van der Waals surface area contributed by atoms with Crippen molar-refractivity contribution in [2.75, 3.05) is 26.8 Å². The van der Waals surface area contributed by atoms with Crippen LogP contribution in [0.2, 0.25) is 0 Å². The van der Waals surface area contributed by atoms with Crippen LogP contribution >= 0.6 is 0 Å². The summed E-state index contributed by atoms with van der Waals surface area (Å²) in [7, 11) is 1.60. The fourth-order valence-corrected chi connectivity index (χ4v) is 4.01. The van der Waals surface area contributed by atoms with Gasteiger partial charge in [-0.2, -0.15) is 0 Å². The molecule has 178 valence electrons. The van der Waals surface area contributed by atoms with Crippen LogP contribution in [0.25, 0.3) is 10.9 Å². The topological polar surface area (TPSA) is 101 Å². The fraction of sp³-hybridized carbons (Fsp3) is 0.360. The van der Waals surface area contributed by atoms with Gasteiger partial charge in [0.15, 0.2) is 12.3 Å². The lowest BCUT2D eigenvalue weighted by atomic mass is 10.2. The van der Waals surface area contributed by atoms with Gasteiger partial charge >= 0.3 is 5.91 Å². The number of azo groups is 1. The van der Waals surface area contributed by atoms with Crippen LogP contribution in [0.1, 0.15) is 31.2 Å². The van der Waals surface area contributed by atoms with E-state index in [1.807, 2.05) is 41.0 Å². The lowest BCUT2D eigenvalue weighted by molar-refractivity contribution is -0.122. The number of carbonyl (C=O) groups excluding carboxylic acids is 1. The Morgan fingerprint density at radius 1 is 1.06 bits per heavy atom. The van der Waals surface area contributed by atoms with Crippen molar-refractivity contribution in [1.29, 1.82) is 0 Å². The van der Waals surface area contributed by atoms with Crippen LogP contribution in [0.3, 0.4) is 0 Å². The van der Waals surface area contributed by atoms with Crippen LogP contribution in [-0.2, 0) is 16.3 Å². The third-order valence-electron chi connectivity index (χ3n) is 5.80. The molecule has 0 atom stereocenters. The second-order valence-electron chi connectivity index (χ2n) is 8.17. The number of oxime groups is 1. The van der Waals surface area contributed by atoms with Crippen LogP contribution in [0, 0.1) is 0 Å². The van der Waals surface area contributed by atoms with E-state index in [0.717, 1.165) is 48.1 Å². The molecule has 1 saturated heterocycles. The first-order valence-electron chi connectivity index (χ1n) is 11.4. The minimum Gasteiger partial charge on any atom is -0.497 e. The second-order valence-corrected chi connectivity index (χ2v) is 8.17. The molecule has 1 fully saturated rings. The van der Waals surface area contributed by atoms with Crippen LogP contribution in [-0.4, -0.2) is 53.5 Å². The largest absolute Gasteiger partial charge is 0.497 e. The van der Waals surface area contributed by atoms with Crippen molar-refractivity contribution in [2.24, 2.45) is 15.4 Å². The van der Waals surface area contributed by atoms with Gasteiger partial charge in [0, 0.05) is 5.39 Å². The number of hydrogen-bond donors (Lipinski definition) is 1. The van der Waals surface area contributed by atoms with Gasteiger partial charge in [0.2, 0.25) is 5.88 Å². The number of fused-ring (bicyclic) bond motifs is 1. The lowest BCUT2D eigenvalue weighted by Crippen LogP contribution is -2.27. The summed E-state index contributed by atoms with van der Waals surface area (Å²) >= 11 is 0. The van der Waals surface area contributed by atoms with Crippen molar-refractivity contribution in [1.82, 2.24) is 9.47 Å². The Kier molecular flexibility index (Phi) is 7.87. The Hall–Kier alpha value is -3.72. The molecule has 1 aliphatic heterocycles. The van der Waals surface area contributed by atoms with E-state index in [4.69, 9.17) is 9.57 Å². The molecule has 0 saturated carbocycles. The lowest BCUT2D eigenvalue weighted by Gasteiger charge is -2.21. The monoisotopic (exact) mass is 463 g/mol. The smallest absolute Gasteiger partial charge is 0.304 e. The molecular weight excluding hydrogens is 434 g/mol. The van der Waals surface area contributed by atoms with E-state index in [0.29, 0.717) is 6.67 Å². The molecule has 0 bridgehead atoms. The first-order chi connectivity index (χ1) is 16.7. The average molecular weight is 464 g/mol. The van der Waals surface area contributed by atoms with E-state index in [1.54, 1.807) is 19.2 Å². The summed E-state index contributed by atoms with van der Waals surface area (Å²) in [6, 6.07) is 14.8. The van der Waals surface area contributed by atoms with E-state index >= 15 is 0 Å². The van der Waals surface area contributed by atoms with Gasteiger partial charge in [0.05, 0.1) is 25.5 Å². The molecule has 0 unspecified atom stereocenters. The first-order valence-corrected chi connectivity index (χ1v) is 11.4. The van der Waals surface area contributed by atoms with Gasteiger partial charge in [-0.3, -0.25) is 14.3 Å². The average Bonchev–Trinajstić information content (AvgIpc) is 3.01. The highest BCUT2D eigenvalue weighted by Crippen LogP contribution is 2.39. The quantitative estimate of drug-likeness (QED) is 0.292. The zero-order valence-corrected chi connectivity index (χ0v) is 19.3. The molecule has 1 aliphatic rings. The molecule has 1 aromatic heterocycles. The number of likely N-dealkylation sites (tertiary alicyclic amines) is 1. The Bertz CT molecular complexity index is 1160. The van der Waals surface area contributed by atoms with E-state index in [9.17, 15) is 9.90 Å². The highest BCUT2D eigenvalue weighted by Gasteiger charge is 2.19. The van der Waals surface area contributed by atoms with Gasteiger partial charge in [0.1, 0.15) is 5.75 Å². The number of rotatable bonds is 8. The summed E-state index contributed by atoms with van der Waals surface area (Å²) in [5, 5.41) is 23.2. The van der Waals surface area contributed by atoms with Crippen molar-refractivity contribution in [3.63, 3.8) is 0 Å². The van der Waals surface area contributed by atoms with E-state index in [-0.39, 0.29) is 18.2 Å². The van der Waals surface area contributed by atoms with Crippen LogP contribution in [0.15, 0.2) is 63.9 Å². The number of methoxy groups -OCH3 is 1. The number of aromatic hydroxyl groups is 1. The van der Waals surface area contributed by atoms with Gasteiger partial charge in [-0.15, -0.1) is 10.2 Å². The van der Waals surface area contributed by atoms with E-state index in [1.165, 1.54) is 19.1 Å². The molecule has 1 N–H and O–H groups in total.